The molecule has 0 atom stereocenters. The molecule has 7 heteroatoms. The molecule has 0 fully saturated rings. The average Bonchev–Trinajstić information content (AvgIpc) is 2.77. The third-order valence-corrected chi connectivity index (χ3v) is 4.25. The molecule has 0 aromatic carbocycles. The normalized spacial score (nSPS) is 11.0. The molecule has 0 bridgehead atoms. The van der Waals surface area contributed by atoms with E-state index in [4.69, 9.17) is 5.84 Å². The molecule has 0 amide bonds. The van der Waals surface area contributed by atoms with E-state index in [1.165, 1.54) is 11.3 Å². The zero-order chi connectivity index (χ0) is 11.8. The minimum absolute atomic E-state index is 0.680. The number of thioether (sulfide) groups is 1. The van der Waals surface area contributed by atoms with Crippen LogP contribution in [0.4, 0.5) is 5.13 Å². The van der Waals surface area contributed by atoms with E-state index in [1.54, 1.807) is 0 Å². The number of nitrogens with zero attached hydrogens (tertiary/aromatic N) is 3. The summed E-state index contributed by atoms with van der Waals surface area (Å²) in [6, 6.07) is 0. The van der Waals surface area contributed by atoms with Crippen LogP contribution < -0.4 is 11.3 Å². The summed E-state index contributed by atoms with van der Waals surface area (Å²) in [5.41, 5.74) is 2.50. The number of hydrazine groups is 1. The van der Waals surface area contributed by atoms with Crippen molar-refractivity contribution in [3.63, 3.8) is 0 Å². The fourth-order valence-electron chi connectivity index (χ4n) is 1.26. The smallest absolute Gasteiger partial charge is 0.219 e. The molecular weight excluding hydrogens is 242 g/mol. The van der Waals surface area contributed by atoms with Gasteiger partial charge in [-0.1, -0.05) is 25.2 Å². The second-order valence-electron chi connectivity index (χ2n) is 3.22. The molecule has 0 spiro atoms. The Balaban J connectivity index is 2.15. The summed E-state index contributed by atoms with van der Waals surface area (Å²) in [6.07, 6.45) is 0. The van der Waals surface area contributed by atoms with Gasteiger partial charge in [-0.2, -0.15) is 11.8 Å². The van der Waals surface area contributed by atoms with Gasteiger partial charge < -0.3 is 4.90 Å². The summed E-state index contributed by atoms with van der Waals surface area (Å²) in [6.45, 7) is 7.77. The number of nitrogens with two attached hydrogens (primary N) is 1. The molecule has 0 aliphatic carbocycles. The molecule has 0 unspecified atom stereocenters. The topological polar surface area (TPSA) is 67.1 Å². The van der Waals surface area contributed by atoms with Gasteiger partial charge in [-0.25, -0.2) is 5.84 Å². The SMILES string of the molecule is CCN(CC)CCSCc1nnc(NN)s1. The zero-order valence-corrected chi connectivity index (χ0v) is 11.4. The van der Waals surface area contributed by atoms with Crippen LogP contribution in [0.15, 0.2) is 0 Å². The summed E-state index contributed by atoms with van der Waals surface area (Å²) in [4.78, 5) is 2.42. The van der Waals surface area contributed by atoms with Crippen molar-refractivity contribution in [3.05, 3.63) is 5.01 Å². The van der Waals surface area contributed by atoms with Gasteiger partial charge in [-0.15, -0.1) is 10.2 Å². The van der Waals surface area contributed by atoms with Crippen molar-refractivity contribution in [2.45, 2.75) is 19.6 Å². The van der Waals surface area contributed by atoms with E-state index in [0.717, 1.165) is 36.1 Å². The molecule has 1 aromatic rings. The van der Waals surface area contributed by atoms with E-state index >= 15 is 0 Å². The number of hydrogen-bond acceptors (Lipinski definition) is 7. The fraction of sp³-hybridized carbons (Fsp3) is 0.778. The molecule has 92 valence electrons. The van der Waals surface area contributed by atoms with Crippen LogP contribution in [-0.2, 0) is 5.75 Å². The summed E-state index contributed by atoms with van der Waals surface area (Å²) < 4.78 is 0. The highest BCUT2D eigenvalue weighted by molar-refractivity contribution is 7.98. The van der Waals surface area contributed by atoms with E-state index in [-0.39, 0.29) is 0 Å². The Morgan fingerprint density at radius 3 is 2.69 bits per heavy atom. The molecule has 5 nitrogen and oxygen atoms in total. The monoisotopic (exact) mass is 261 g/mol. The predicted octanol–water partition coefficient (Wildman–Crippen LogP) is 1.40. The second kappa shape index (κ2) is 7.83. The lowest BCUT2D eigenvalue weighted by molar-refractivity contribution is 0.324. The van der Waals surface area contributed by atoms with Gasteiger partial charge in [0.05, 0.1) is 0 Å². The first-order valence-electron chi connectivity index (χ1n) is 5.39. The van der Waals surface area contributed by atoms with Crippen LogP contribution in [-0.4, -0.2) is 40.5 Å². The summed E-state index contributed by atoms with van der Waals surface area (Å²) >= 11 is 3.40. The maximum Gasteiger partial charge on any atom is 0.219 e. The minimum Gasteiger partial charge on any atom is -0.303 e. The van der Waals surface area contributed by atoms with E-state index in [0.29, 0.717) is 5.13 Å². The molecule has 0 aliphatic rings. The Kier molecular flexibility index (Phi) is 6.70. The summed E-state index contributed by atoms with van der Waals surface area (Å²) in [5, 5.41) is 9.63. The van der Waals surface area contributed by atoms with Gasteiger partial charge in [0.25, 0.3) is 0 Å². The molecular formula is C9H19N5S2. The van der Waals surface area contributed by atoms with Crippen LogP contribution >= 0.6 is 23.1 Å². The lowest BCUT2D eigenvalue weighted by Gasteiger charge is -2.16. The first kappa shape index (κ1) is 13.7. The first-order valence-corrected chi connectivity index (χ1v) is 7.36. The Labute approximate surface area is 105 Å². The minimum atomic E-state index is 0.680. The van der Waals surface area contributed by atoms with Crippen molar-refractivity contribution < 1.29 is 0 Å². The van der Waals surface area contributed by atoms with Crippen LogP contribution in [0.5, 0.6) is 0 Å². The Morgan fingerprint density at radius 2 is 2.12 bits per heavy atom. The number of anilines is 1. The molecule has 1 aromatic heterocycles. The second-order valence-corrected chi connectivity index (χ2v) is 5.39. The molecule has 0 radical (unpaired) electrons. The highest BCUT2D eigenvalue weighted by Crippen LogP contribution is 2.19. The standard InChI is InChI=1S/C9H19N5S2/c1-3-14(4-2)5-6-15-7-8-12-13-9(11-10)16-8/h3-7,10H2,1-2H3,(H,11,13). The van der Waals surface area contributed by atoms with Gasteiger partial charge in [0.15, 0.2) is 0 Å². The summed E-state index contributed by atoms with van der Waals surface area (Å²) in [7, 11) is 0. The van der Waals surface area contributed by atoms with E-state index in [2.05, 4.69) is 34.4 Å². The van der Waals surface area contributed by atoms with Gasteiger partial charge in [0.1, 0.15) is 5.01 Å². The number of nitrogens with one attached hydrogen (secondary N) is 1. The van der Waals surface area contributed by atoms with Gasteiger partial charge in [0, 0.05) is 18.1 Å². The van der Waals surface area contributed by atoms with E-state index in [1.807, 2.05) is 11.8 Å². The maximum absolute atomic E-state index is 5.24. The third-order valence-electron chi connectivity index (χ3n) is 2.26. The van der Waals surface area contributed by atoms with Gasteiger partial charge in [0.2, 0.25) is 5.13 Å². The molecule has 3 N–H and O–H groups in total. The molecule has 1 rings (SSSR count). The molecule has 0 aliphatic heterocycles. The highest BCUT2D eigenvalue weighted by Gasteiger charge is 2.03. The van der Waals surface area contributed by atoms with Crippen LogP contribution in [0.3, 0.4) is 0 Å². The van der Waals surface area contributed by atoms with Crippen molar-refractivity contribution >= 4 is 28.2 Å². The Hall–Kier alpha value is -0.370. The van der Waals surface area contributed by atoms with Crippen molar-refractivity contribution in [2.24, 2.45) is 5.84 Å². The Bertz CT molecular complexity index is 287. The summed E-state index contributed by atoms with van der Waals surface area (Å²) in [5.74, 6) is 7.29. The zero-order valence-electron chi connectivity index (χ0n) is 9.77. The largest absolute Gasteiger partial charge is 0.303 e. The fourth-order valence-corrected chi connectivity index (χ4v) is 2.96. The van der Waals surface area contributed by atoms with Gasteiger partial charge in [-0.3, -0.25) is 5.43 Å². The number of nitrogen functional groups attached to an aromatic ring is 1. The predicted molar refractivity (Wildman–Crippen MR) is 71.7 cm³/mol. The van der Waals surface area contributed by atoms with Crippen LogP contribution in [0.25, 0.3) is 0 Å². The Morgan fingerprint density at radius 1 is 1.38 bits per heavy atom. The molecule has 1 heterocycles. The van der Waals surface area contributed by atoms with Crippen molar-refractivity contribution in [3.8, 4) is 0 Å². The van der Waals surface area contributed by atoms with Crippen LogP contribution in [0, 0.1) is 0 Å². The lowest BCUT2D eigenvalue weighted by Crippen LogP contribution is -2.25. The number of aromatic nitrogens is 2. The quantitative estimate of drug-likeness (QED) is 0.419. The van der Waals surface area contributed by atoms with Gasteiger partial charge in [-0.05, 0) is 13.1 Å². The molecule has 16 heavy (non-hydrogen) atoms. The number of hydrogen-bond donors (Lipinski definition) is 2. The lowest BCUT2D eigenvalue weighted by atomic mass is 10.5. The average molecular weight is 261 g/mol. The van der Waals surface area contributed by atoms with Crippen molar-refractivity contribution in [2.75, 3.05) is 30.8 Å². The maximum atomic E-state index is 5.24. The number of rotatable bonds is 8. The molecule has 0 saturated heterocycles. The molecule has 0 saturated carbocycles. The van der Waals surface area contributed by atoms with Gasteiger partial charge >= 0.3 is 0 Å². The highest BCUT2D eigenvalue weighted by atomic mass is 32.2. The van der Waals surface area contributed by atoms with E-state index in [9.17, 15) is 0 Å². The van der Waals surface area contributed by atoms with Crippen LogP contribution in [0.2, 0.25) is 0 Å². The van der Waals surface area contributed by atoms with Crippen molar-refractivity contribution in [1.29, 1.82) is 0 Å². The van der Waals surface area contributed by atoms with E-state index < -0.39 is 0 Å². The van der Waals surface area contributed by atoms with Crippen LogP contribution in [0.1, 0.15) is 18.9 Å². The first-order chi connectivity index (χ1) is 7.80. The third kappa shape index (κ3) is 4.65. The van der Waals surface area contributed by atoms with Crippen molar-refractivity contribution in [1.82, 2.24) is 15.1 Å².